The van der Waals surface area contributed by atoms with Crippen LogP contribution in [0.1, 0.15) is 6.42 Å². The molecule has 0 bridgehead atoms. The summed E-state index contributed by atoms with van der Waals surface area (Å²) in [6.45, 7) is 9.24. The Morgan fingerprint density at radius 3 is 1.44 bits per heavy atom. The van der Waals surface area contributed by atoms with Crippen molar-refractivity contribution in [2.45, 2.75) is 6.42 Å². The quantitative estimate of drug-likeness (QED) is 0.482. The number of ketones is 3. The molecule has 0 amide bonds. The number of rotatable bonds is 8. The first-order valence-electron chi connectivity index (χ1n) is 4.62. The van der Waals surface area contributed by atoms with Crippen LogP contribution in [0.4, 0.5) is 0 Å². The molecule has 4 heteroatoms. The Bertz CT molecular complexity index is 302. The Morgan fingerprint density at radius 1 is 0.938 bits per heavy atom. The lowest BCUT2D eigenvalue weighted by molar-refractivity contribution is -0.143. The lowest BCUT2D eigenvalue weighted by atomic mass is 9.72. The molecule has 0 saturated heterocycles. The fourth-order valence-corrected chi connectivity index (χ4v) is 1.42. The van der Waals surface area contributed by atoms with E-state index in [0.29, 0.717) is 0 Å². The summed E-state index contributed by atoms with van der Waals surface area (Å²) in [4.78, 5) is 35.0. The van der Waals surface area contributed by atoms with E-state index in [1.165, 1.54) is 0 Å². The van der Waals surface area contributed by atoms with Gasteiger partial charge < -0.3 is 5.11 Å². The van der Waals surface area contributed by atoms with Crippen LogP contribution in [0.2, 0.25) is 0 Å². The first kappa shape index (κ1) is 14.2. The monoisotopic (exact) mass is 222 g/mol. The van der Waals surface area contributed by atoms with E-state index >= 15 is 0 Å². The summed E-state index contributed by atoms with van der Waals surface area (Å²) in [5.74, 6) is -2.26. The van der Waals surface area contributed by atoms with Crippen LogP contribution in [0.3, 0.4) is 0 Å². The van der Waals surface area contributed by atoms with E-state index in [4.69, 9.17) is 5.11 Å². The Hall–Kier alpha value is -1.81. The molecule has 0 aromatic carbocycles. The molecular weight excluding hydrogens is 208 g/mol. The lowest BCUT2D eigenvalue weighted by Gasteiger charge is -2.24. The summed E-state index contributed by atoms with van der Waals surface area (Å²) in [5, 5.41) is 8.88. The van der Waals surface area contributed by atoms with Crippen molar-refractivity contribution in [1.82, 2.24) is 0 Å². The smallest absolute Gasteiger partial charge is 0.176 e. The molecule has 0 aliphatic heterocycles. The van der Waals surface area contributed by atoms with E-state index in [1.54, 1.807) is 0 Å². The van der Waals surface area contributed by atoms with Gasteiger partial charge in [0, 0.05) is 6.61 Å². The summed E-state index contributed by atoms with van der Waals surface area (Å²) in [7, 11) is 0. The first-order chi connectivity index (χ1) is 7.50. The molecular formula is C12H14O4. The number of carbonyl (C=O) groups is 3. The lowest BCUT2D eigenvalue weighted by Crippen LogP contribution is -2.45. The zero-order valence-corrected chi connectivity index (χ0v) is 8.94. The van der Waals surface area contributed by atoms with Gasteiger partial charge in [-0.1, -0.05) is 19.7 Å². The molecule has 1 N–H and O–H groups in total. The predicted octanol–water partition coefficient (Wildman–Crippen LogP) is 0.620. The van der Waals surface area contributed by atoms with E-state index in [1.807, 2.05) is 0 Å². The molecule has 0 fully saturated rings. The van der Waals surface area contributed by atoms with Gasteiger partial charge in [-0.15, -0.1) is 0 Å². The molecule has 0 aliphatic carbocycles. The standard InChI is InChI=1S/C12H14O4/c1-4-9(14)12(7-8-13,10(15)5-2)11(16)6-3/h4-6,13H,1-3,7-8H2. The Balaban J connectivity index is 5.74. The van der Waals surface area contributed by atoms with Crippen LogP contribution in [0.5, 0.6) is 0 Å². The van der Waals surface area contributed by atoms with Gasteiger partial charge in [0.2, 0.25) is 0 Å². The fourth-order valence-electron chi connectivity index (χ4n) is 1.42. The Morgan fingerprint density at radius 2 is 1.25 bits per heavy atom. The van der Waals surface area contributed by atoms with E-state index in [-0.39, 0.29) is 6.42 Å². The second kappa shape index (κ2) is 5.92. The molecule has 86 valence electrons. The van der Waals surface area contributed by atoms with Crippen molar-refractivity contribution >= 4 is 17.3 Å². The molecule has 0 rings (SSSR count). The van der Waals surface area contributed by atoms with Gasteiger partial charge >= 0.3 is 0 Å². The second-order valence-electron chi connectivity index (χ2n) is 3.08. The van der Waals surface area contributed by atoms with Crippen molar-refractivity contribution in [2.24, 2.45) is 5.41 Å². The summed E-state index contributed by atoms with van der Waals surface area (Å²) in [6.07, 6.45) is 2.36. The van der Waals surface area contributed by atoms with Gasteiger partial charge in [-0.3, -0.25) is 14.4 Å². The minimum atomic E-state index is -1.94. The molecule has 4 nitrogen and oxygen atoms in total. The highest BCUT2D eigenvalue weighted by molar-refractivity contribution is 6.31. The number of aliphatic hydroxyl groups excluding tert-OH is 1. The van der Waals surface area contributed by atoms with Gasteiger partial charge in [-0.25, -0.2) is 0 Å². The number of carbonyl (C=O) groups excluding carboxylic acids is 3. The third-order valence-electron chi connectivity index (χ3n) is 2.30. The number of hydrogen-bond acceptors (Lipinski definition) is 4. The summed E-state index contributed by atoms with van der Waals surface area (Å²) >= 11 is 0. The molecule has 0 spiro atoms. The zero-order valence-electron chi connectivity index (χ0n) is 8.94. The van der Waals surface area contributed by atoms with Crippen molar-refractivity contribution in [3.63, 3.8) is 0 Å². The number of aliphatic hydroxyl groups is 1. The van der Waals surface area contributed by atoms with Gasteiger partial charge in [0.1, 0.15) is 0 Å². The first-order valence-corrected chi connectivity index (χ1v) is 4.62. The van der Waals surface area contributed by atoms with Crippen LogP contribution < -0.4 is 0 Å². The molecule has 0 aliphatic rings. The molecule has 0 radical (unpaired) electrons. The maximum atomic E-state index is 11.7. The van der Waals surface area contributed by atoms with Crippen LogP contribution in [-0.2, 0) is 14.4 Å². The molecule has 0 atom stereocenters. The van der Waals surface area contributed by atoms with Crippen molar-refractivity contribution in [2.75, 3.05) is 6.61 Å². The third kappa shape index (κ3) is 2.23. The summed E-state index contributed by atoms with van der Waals surface area (Å²) < 4.78 is 0. The van der Waals surface area contributed by atoms with Crippen LogP contribution in [0, 0.1) is 5.41 Å². The van der Waals surface area contributed by atoms with Gasteiger partial charge in [-0.2, -0.15) is 0 Å². The third-order valence-corrected chi connectivity index (χ3v) is 2.30. The zero-order chi connectivity index (χ0) is 12.8. The maximum absolute atomic E-state index is 11.7. The van der Waals surface area contributed by atoms with Gasteiger partial charge in [-0.05, 0) is 24.6 Å². The van der Waals surface area contributed by atoms with Crippen molar-refractivity contribution in [1.29, 1.82) is 0 Å². The van der Waals surface area contributed by atoms with Crippen LogP contribution in [0.15, 0.2) is 38.0 Å². The second-order valence-corrected chi connectivity index (χ2v) is 3.08. The minimum absolute atomic E-state index is 0.298. The largest absolute Gasteiger partial charge is 0.396 e. The Kier molecular flexibility index (Phi) is 5.25. The Labute approximate surface area is 94.0 Å². The van der Waals surface area contributed by atoms with Crippen molar-refractivity contribution in [3.05, 3.63) is 38.0 Å². The SMILES string of the molecule is C=CC(=O)C(CCO)(C(=O)C=C)C(=O)C=C. The van der Waals surface area contributed by atoms with Gasteiger partial charge in [0.15, 0.2) is 22.8 Å². The number of allylic oxidation sites excluding steroid dienone is 3. The number of hydrogen-bond donors (Lipinski definition) is 1. The molecule has 16 heavy (non-hydrogen) atoms. The molecule has 0 aromatic heterocycles. The van der Waals surface area contributed by atoms with Gasteiger partial charge in [0.25, 0.3) is 0 Å². The summed E-state index contributed by atoms with van der Waals surface area (Å²) in [5.41, 5.74) is -1.94. The van der Waals surface area contributed by atoms with E-state index in [0.717, 1.165) is 18.2 Å². The van der Waals surface area contributed by atoms with Crippen LogP contribution in [0.25, 0.3) is 0 Å². The van der Waals surface area contributed by atoms with Gasteiger partial charge in [0.05, 0.1) is 0 Å². The van der Waals surface area contributed by atoms with E-state index < -0.39 is 29.4 Å². The van der Waals surface area contributed by atoms with E-state index in [9.17, 15) is 14.4 Å². The van der Waals surface area contributed by atoms with E-state index in [2.05, 4.69) is 19.7 Å². The highest BCUT2D eigenvalue weighted by atomic mass is 16.3. The molecule has 0 unspecified atom stereocenters. The topological polar surface area (TPSA) is 71.4 Å². The molecule has 0 aromatic rings. The average molecular weight is 222 g/mol. The molecule has 0 saturated carbocycles. The van der Waals surface area contributed by atoms with Crippen molar-refractivity contribution in [3.8, 4) is 0 Å². The summed E-state index contributed by atoms with van der Waals surface area (Å²) in [6, 6.07) is 0. The average Bonchev–Trinajstić information content (AvgIpc) is 2.32. The molecule has 0 heterocycles. The minimum Gasteiger partial charge on any atom is -0.396 e. The van der Waals surface area contributed by atoms with Crippen LogP contribution in [-0.4, -0.2) is 29.1 Å². The normalized spacial score (nSPS) is 10.3. The highest BCUT2D eigenvalue weighted by Gasteiger charge is 2.47. The predicted molar refractivity (Wildman–Crippen MR) is 59.7 cm³/mol. The van der Waals surface area contributed by atoms with Crippen LogP contribution >= 0.6 is 0 Å². The maximum Gasteiger partial charge on any atom is 0.176 e. The van der Waals surface area contributed by atoms with Crippen molar-refractivity contribution < 1.29 is 19.5 Å². The highest BCUT2D eigenvalue weighted by Crippen LogP contribution is 2.28. The fraction of sp³-hybridized carbons (Fsp3) is 0.250.